The van der Waals surface area contributed by atoms with E-state index in [0.29, 0.717) is 22.7 Å². The maximum Gasteiger partial charge on any atom is 0.262 e. The van der Waals surface area contributed by atoms with Crippen molar-refractivity contribution in [2.45, 2.75) is 11.4 Å². The second-order valence-electron chi connectivity index (χ2n) is 9.05. The molecule has 6 nitrogen and oxygen atoms in total. The van der Waals surface area contributed by atoms with Crippen LogP contribution in [0.3, 0.4) is 0 Å². The molecule has 184 valence electrons. The molecular formula is C29H30N4O2S. The van der Waals surface area contributed by atoms with Crippen molar-refractivity contribution < 1.29 is 9.59 Å². The number of nitrogens with one attached hydrogen (secondary N) is 2. The van der Waals surface area contributed by atoms with Gasteiger partial charge in [0, 0.05) is 56.3 Å². The van der Waals surface area contributed by atoms with Crippen LogP contribution in [0.4, 0.5) is 5.69 Å². The fourth-order valence-electron chi connectivity index (χ4n) is 4.44. The molecule has 0 saturated carbocycles. The number of anilines is 1. The van der Waals surface area contributed by atoms with Gasteiger partial charge in [0.15, 0.2) is 0 Å². The van der Waals surface area contributed by atoms with Crippen LogP contribution in [0.5, 0.6) is 0 Å². The van der Waals surface area contributed by atoms with E-state index < -0.39 is 0 Å². The minimum atomic E-state index is -0.152. The fourth-order valence-corrected chi connectivity index (χ4v) is 5.38. The topological polar surface area (TPSA) is 64.7 Å². The molecule has 2 N–H and O–H groups in total. The number of benzene rings is 3. The maximum absolute atomic E-state index is 12.7. The van der Waals surface area contributed by atoms with Crippen molar-refractivity contribution in [1.82, 2.24) is 15.1 Å². The van der Waals surface area contributed by atoms with Crippen molar-refractivity contribution in [3.8, 4) is 0 Å². The average Bonchev–Trinajstić information content (AvgIpc) is 2.91. The van der Waals surface area contributed by atoms with Crippen LogP contribution in [0.2, 0.25) is 0 Å². The fraction of sp³-hybridized carbons (Fsp3) is 0.241. The van der Waals surface area contributed by atoms with Crippen LogP contribution >= 0.6 is 11.8 Å². The zero-order valence-corrected chi connectivity index (χ0v) is 21.0. The standard InChI is InChI=1S/C29H30N4O2S/c34-28(30-13-14-32-15-17-33(18-16-32)21-23-9-5-2-6-10-23)24-11-12-26-25(20-24)31-29(35)27(36-26)19-22-7-3-1-4-8-22/h1-12,19-20H,13-18,21H2,(H,30,34)(H,31,35)/b27-19-. The Balaban J connectivity index is 1.09. The second kappa shape index (κ2) is 11.6. The highest BCUT2D eigenvalue weighted by Crippen LogP contribution is 2.39. The van der Waals surface area contributed by atoms with Gasteiger partial charge in [0.1, 0.15) is 0 Å². The van der Waals surface area contributed by atoms with Crippen molar-refractivity contribution in [2.24, 2.45) is 0 Å². The molecule has 2 amide bonds. The van der Waals surface area contributed by atoms with E-state index in [-0.39, 0.29) is 11.8 Å². The molecule has 36 heavy (non-hydrogen) atoms. The number of amides is 2. The molecule has 0 aromatic heterocycles. The van der Waals surface area contributed by atoms with E-state index in [0.717, 1.165) is 49.7 Å². The maximum atomic E-state index is 12.7. The summed E-state index contributed by atoms with van der Waals surface area (Å²) in [6.45, 7) is 6.49. The molecule has 0 radical (unpaired) electrons. The summed E-state index contributed by atoms with van der Waals surface area (Å²) in [7, 11) is 0. The number of fused-ring (bicyclic) bond motifs is 1. The Morgan fingerprint density at radius 2 is 1.61 bits per heavy atom. The van der Waals surface area contributed by atoms with E-state index in [4.69, 9.17) is 0 Å². The first-order valence-electron chi connectivity index (χ1n) is 12.3. The highest BCUT2D eigenvalue weighted by Gasteiger charge is 2.22. The van der Waals surface area contributed by atoms with Gasteiger partial charge in [0.25, 0.3) is 11.8 Å². The van der Waals surface area contributed by atoms with Gasteiger partial charge in [0.05, 0.1) is 10.6 Å². The molecule has 2 heterocycles. The Hall–Kier alpha value is -3.39. The summed E-state index contributed by atoms with van der Waals surface area (Å²) in [4.78, 5) is 31.8. The van der Waals surface area contributed by atoms with Gasteiger partial charge in [-0.2, -0.15) is 0 Å². The van der Waals surface area contributed by atoms with Crippen LogP contribution in [-0.4, -0.2) is 60.9 Å². The van der Waals surface area contributed by atoms with E-state index >= 15 is 0 Å². The van der Waals surface area contributed by atoms with E-state index in [1.165, 1.54) is 17.3 Å². The van der Waals surface area contributed by atoms with Gasteiger partial charge in [-0.3, -0.25) is 19.4 Å². The molecule has 0 unspecified atom stereocenters. The van der Waals surface area contributed by atoms with E-state index in [2.05, 4.69) is 50.8 Å². The first-order chi connectivity index (χ1) is 17.6. The third-order valence-corrected chi connectivity index (χ3v) is 7.56. The lowest BCUT2D eigenvalue weighted by molar-refractivity contribution is -0.112. The molecule has 0 aliphatic carbocycles. The first-order valence-corrected chi connectivity index (χ1v) is 13.1. The smallest absolute Gasteiger partial charge is 0.262 e. The number of carbonyl (C=O) groups excluding carboxylic acids is 2. The number of nitrogens with zero attached hydrogens (tertiary/aromatic N) is 2. The van der Waals surface area contributed by atoms with Gasteiger partial charge in [0.2, 0.25) is 0 Å². The Morgan fingerprint density at radius 3 is 2.36 bits per heavy atom. The van der Waals surface area contributed by atoms with Gasteiger partial charge in [-0.25, -0.2) is 0 Å². The number of carbonyl (C=O) groups is 2. The summed E-state index contributed by atoms with van der Waals surface area (Å²) in [5, 5.41) is 5.97. The van der Waals surface area contributed by atoms with Crippen molar-refractivity contribution in [3.63, 3.8) is 0 Å². The highest BCUT2D eigenvalue weighted by molar-refractivity contribution is 8.04. The van der Waals surface area contributed by atoms with Crippen LogP contribution in [0, 0.1) is 0 Å². The molecule has 1 saturated heterocycles. The predicted octanol–water partition coefficient (Wildman–Crippen LogP) is 4.32. The van der Waals surface area contributed by atoms with E-state index in [1.54, 1.807) is 6.07 Å². The molecule has 2 aliphatic heterocycles. The number of thioether (sulfide) groups is 1. The summed E-state index contributed by atoms with van der Waals surface area (Å²) in [5.41, 5.74) is 3.56. The van der Waals surface area contributed by atoms with Crippen molar-refractivity contribution >= 4 is 35.3 Å². The summed E-state index contributed by atoms with van der Waals surface area (Å²) < 4.78 is 0. The van der Waals surface area contributed by atoms with Gasteiger partial charge >= 0.3 is 0 Å². The van der Waals surface area contributed by atoms with Crippen LogP contribution in [0.15, 0.2) is 88.7 Å². The van der Waals surface area contributed by atoms with Crippen molar-refractivity contribution in [2.75, 3.05) is 44.6 Å². The third kappa shape index (κ3) is 6.23. The Kier molecular flexibility index (Phi) is 7.81. The monoisotopic (exact) mass is 498 g/mol. The average molecular weight is 499 g/mol. The number of hydrogen-bond acceptors (Lipinski definition) is 5. The normalized spacial score (nSPS) is 17.4. The highest BCUT2D eigenvalue weighted by atomic mass is 32.2. The van der Waals surface area contributed by atoms with Crippen LogP contribution in [0.1, 0.15) is 21.5 Å². The van der Waals surface area contributed by atoms with Crippen LogP contribution in [0.25, 0.3) is 6.08 Å². The summed E-state index contributed by atoms with van der Waals surface area (Å²) >= 11 is 1.42. The minimum Gasteiger partial charge on any atom is -0.351 e. The lowest BCUT2D eigenvalue weighted by Gasteiger charge is -2.34. The van der Waals surface area contributed by atoms with Gasteiger partial charge in [-0.1, -0.05) is 72.4 Å². The van der Waals surface area contributed by atoms with Gasteiger partial charge < -0.3 is 10.6 Å². The number of piperazine rings is 1. The largest absolute Gasteiger partial charge is 0.351 e. The number of rotatable bonds is 7. The van der Waals surface area contributed by atoms with Crippen molar-refractivity contribution in [3.05, 3.63) is 100 Å². The van der Waals surface area contributed by atoms with Crippen molar-refractivity contribution in [1.29, 1.82) is 0 Å². The summed E-state index contributed by atoms with van der Waals surface area (Å²) in [6.07, 6.45) is 1.88. The van der Waals surface area contributed by atoms with Crippen LogP contribution < -0.4 is 10.6 Å². The molecule has 0 bridgehead atoms. The van der Waals surface area contributed by atoms with E-state index in [9.17, 15) is 9.59 Å². The van der Waals surface area contributed by atoms with E-state index in [1.807, 2.05) is 48.5 Å². The molecule has 2 aliphatic rings. The Labute approximate surface area is 216 Å². The SMILES string of the molecule is O=C1Nc2cc(C(=O)NCCN3CCN(Cc4ccccc4)CC3)ccc2S/C1=C\c1ccccc1. The molecule has 3 aromatic rings. The predicted molar refractivity (Wildman–Crippen MR) is 146 cm³/mol. The summed E-state index contributed by atoms with van der Waals surface area (Å²) in [5.74, 6) is -0.272. The summed E-state index contributed by atoms with van der Waals surface area (Å²) in [6, 6.07) is 25.8. The third-order valence-electron chi connectivity index (χ3n) is 6.46. The minimum absolute atomic E-state index is 0.120. The Morgan fingerprint density at radius 1 is 0.917 bits per heavy atom. The van der Waals surface area contributed by atoms with Gasteiger partial charge in [-0.05, 0) is 35.4 Å². The zero-order valence-electron chi connectivity index (χ0n) is 20.2. The lowest BCUT2D eigenvalue weighted by atomic mass is 10.1. The second-order valence-corrected chi connectivity index (χ2v) is 10.1. The van der Waals surface area contributed by atoms with Crippen LogP contribution in [-0.2, 0) is 11.3 Å². The molecular weight excluding hydrogens is 468 g/mol. The Bertz CT molecular complexity index is 1240. The quantitative estimate of drug-likeness (QED) is 0.475. The number of hydrogen-bond donors (Lipinski definition) is 2. The molecule has 5 rings (SSSR count). The molecule has 0 spiro atoms. The zero-order chi connectivity index (χ0) is 24.7. The first kappa shape index (κ1) is 24.3. The lowest BCUT2D eigenvalue weighted by Crippen LogP contribution is -2.48. The molecule has 3 aromatic carbocycles. The molecule has 0 atom stereocenters. The molecule has 1 fully saturated rings. The van der Waals surface area contributed by atoms with Gasteiger partial charge in [-0.15, -0.1) is 0 Å². The molecule has 7 heteroatoms.